The van der Waals surface area contributed by atoms with E-state index in [0.717, 1.165) is 24.3 Å². The number of hydrogen-bond acceptors (Lipinski definition) is 3. The minimum Gasteiger partial charge on any atom is -0.497 e. The van der Waals surface area contributed by atoms with Crippen LogP contribution in [-0.4, -0.2) is 24.4 Å². The van der Waals surface area contributed by atoms with Crippen molar-refractivity contribution in [1.82, 2.24) is 0 Å². The van der Waals surface area contributed by atoms with Crippen LogP contribution in [0.5, 0.6) is 11.5 Å². The van der Waals surface area contributed by atoms with E-state index in [1.165, 1.54) is 5.56 Å². The van der Waals surface area contributed by atoms with E-state index in [9.17, 15) is 5.11 Å². The van der Waals surface area contributed by atoms with Crippen molar-refractivity contribution in [2.45, 2.75) is 31.0 Å². The van der Waals surface area contributed by atoms with Crippen molar-refractivity contribution in [3.05, 3.63) is 23.8 Å². The monoisotopic (exact) mass is 206 g/mol. The van der Waals surface area contributed by atoms with E-state index in [4.69, 9.17) is 9.47 Å². The predicted octanol–water partition coefficient (Wildman–Crippen LogP) is 1.69. The molecule has 0 bridgehead atoms. The van der Waals surface area contributed by atoms with E-state index in [0.29, 0.717) is 5.92 Å². The number of aliphatic hydroxyl groups excluding tert-OH is 1. The summed E-state index contributed by atoms with van der Waals surface area (Å²) < 4.78 is 10.9. The molecule has 15 heavy (non-hydrogen) atoms. The second kappa shape index (κ2) is 3.14. The summed E-state index contributed by atoms with van der Waals surface area (Å²) in [7, 11) is 1.67. The van der Waals surface area contributed by atoms with Gasteiger partial charge >= 0.3 is 0 Å². The predicted molar refractivity (Wildman–Crippen MR) is 55.4 cm³/mol. The maximum atomic E-state index is 9.74. The smallest absolute Gasteiger partial charge is 0.131 e. The van der Waals surface area contributed by atoms with Gasteiger partial charge in [-0.2, -0.15) is 0 Å². The quantitative estimate of drug-likeness (QED) is 0.760. The third-order valence-corrected chi connectivity index (χ3v) is 3.43. The van der Waals surface area contributed by atoms with E-state index in [2.05, 4.69) is 0 Å². The molecular formula is C12H14O3. The Balaban J connectivity index is 2.01. The summed E-state index contributed by atoms with van der Waals surface area (Å²) in [6, 6.07) is 5.85. The number of methoxy groups -OCH3 is 1. The third-order valence-electron chi connectivity index (χ3n) is 3.43. The Morgan fingerprint density at radius 1 is 1.40 bits per heavy atom. The molecule has 0 amide bonds. The van der Waals surface area contributed by atoms with Gasteiger partial charge in [0.15, 0.2) is 0 Å². The Morgan fingerprint density at radius 2 is 2.27 bits per heavy atom. The third kappa shape index (κ3) is 1.23. The van der Waals surface area contributed by atoms with E-state index < -0.39 is 0 Å². The first kappa shape index (κ1) is 9.04. The van der Waals surface area contributed by atoms with Crippen molar-refractivity contribution in [3.63, 3.8) is 0 Å². The molecule has 1 aliphatic carbocycles. The molecule has 0 saturated heterocycles. The second-order valence-electron chi connectivity index (χ2n) is 4.24. The fourth-order valence-electron chi connectivity index (χ4n) is 2.64. The molecule has 1 aliphatic heterocycles. The van der Waals surface area contributed by atoms with E-state index in [-0.39, 0.29) is 12.2 Å². The first-order valence-electron chi connectivity index (χ1n) is 5.32. The van der Waals surface area contributed by atoms with Gasteiger partial charge in [-0.1, -0.05) is 0 Å². The van der Waals surface area contributed by atoms with Gasteiger partial charge in [-0.3, -0.25) is 0 Å². The van der Waals surface area contributed by atoms with Gasteiger partial charge in [0.2, 0.25) is 0 Å². The van der Waals surface area contributed by atoms with E-state index >= 15 is 0 Å². The highest BCUT2D eigenvalue weighted by atomic mass is 16.5. The molecule has 1 aromatic carbocycles. The molecule has 3 unspecified atom stereocenters. The number of benzene rings is 1. The first-order chi connectivity index (χ1) is 7.29. The summed E-state index contributed by atoms with van der Waals surface area (Å²) >= 11 is 0. The van der Waals surface area contributed by atoms with Crippen LogP contribution in [0.3, 0.4) is 0 Å². The van der Waals surface area contributed by atoms with Gasteiger partial charge in [0.1, 0.15) is 17.6 Å². The zero-order valence-electron chi connectivity index (χ0n) is 8.64. The van der Waals surface area contributed by atoms with Crippen molar-refractivity contribution >= 4 is 0 Å². The van der Waals surface area contributed by atoms with Crippen LogP contribution in [0.4, 0.5) is 0 Å². The lowest BCUT2D eigenvalue weighted by atomic mass is 9.97. The van der Waals surface area contributed by atoms with Crippen LogP contribution in [0, 0.1) is 0 Å². The number of ether oxygens (including phenoxy) is 2. The van der Waals surface area contributed by atoms with Crippen LogP contribution < -0.4 is 9.47 Å². The largest absolute Gasteiger partial charge is 0.497 e. The average Bonchev–Trinajstić information content (AvgIpc) is 2.78. The summed E-state index contributed by atoms with van der Waals surface area (Å²) in [5.41, 5.74) is 1.19. The van der Waals surface area contributed by atoms with Crippen LogP contribution in [0.2, 0.25) is 0 Å². The molecule has 3 heteroatoms. The Labute approximate surface area is 88.6 Å². The zero-order chi connectivity index (χ0) is 10.4. The minimum atomic E-state index is -0.312. The average molecular weight is 206 g/mol. The molecule has 0 radical (unpaired) electrons. The van der Waals surface area contributed by atoms with Gasteiger partial charge in [-0.25, -0.2) is 0 Å². The number of hydrogen-bond donors (Lipinski definition) is 1. The summed E-state index contributed by atoms with van der Waals surface area (Å²) in [6.07, 6.45) is 1.50. The summed E-state index contributed by atoms with van der Waals surface area (Å²) in [5.74, 6) is 2.12. The summed E-state index contributed by atoms with van der Waals surface area (Å²) in [5, 5.41) is 9.74. The molecule has 2 aliphatic rings. The normalized spacial score (nSPS) is 32.0. The van der Waals surface area contributed by atoms with Crippen molar-refractivity contribution in [3.8, 4) is 11.5 Å². The topological polar surface area (TPSA) is 38.7 Å². The van der Waals surface area contributed by atoms with Gasteiger partial charge in [-0.05, 0) is 31.0 Å². The highest BCUT2D eigenvalue weighted by Gasteiger charge is 2.43. The maximum Gasteiger partial charge on any atom is 0.131 e. The van der Waals surface area contributed by atoms with E-state index in [1.807, 2.05) is 18.2 Å². The number of aliphatic hydroxyl groups is 1. The van der Waals surface area contributed by atoms with Gasteiger partial charge in [0.05, 0.1) is 13.2 Å². The lowest BCUT2D eigenvalue weighted by Gasteiger charge is -2.12. The molecule has 1 aromatic rings. The van der Waals surface area contributed by atoms with Gasteiger partial charge < -0.3 is 14.6 Å². The van der Waals surface area contributed by atoms with Crippen molar-refractivity contribution in [2.24, 2.45) is 0 Å². The first-order valence-corrected chi connectivity index (χ1v) is 5.32. The SMILES string of the molecule is COc1ccc2c(c1)C1CCC(O)C1O2. The van der Waals surface area contributed by atoms with Gasteiger partial charge in [-0.15, -0.1) is 0 Å². The van der Waals surface area contributed by atoms with Crippen molar-refractivity contribution in [1.29, 1.82) is 0 Å². The maximum absolute atomic E-state index is 9.74. The fourth-order valence-corrected chi connectivity index (χ4v) is 2.64. The lowest BCUT2D eigenvalue weighted by Crippen LogP contribution is -2.25. The lowest BCUT2D eigenvalue weighted by molar-refractivity contribution is 0.0660. The molecule has 1 N–H and O–H groups in total. The zero-order valence-corrected chi connectivity index (χ0v) is 8.64. The molecule has 3 nitrogen and oxygen atoms in total. The molecule has 1 saturated carbocycles. The number of fused-ring (bicyclic) bond motifs is 3. The molecular weight excluding hydrogens is 192 g/mol. The minimum absolute atomic E-state index is 0.0351. The molecule has 80 valence electrons. The van der Waals surface area contributed by atoms with Crippen LogP contribution in [0.25, 0.3) is 0 Å². The standard InChI is InChI=1S/C12H14O3/c1-14-7-2-5-11-9(6-7)8-3-4-10(13)12(8)15-11/h2,5-6,8,10,12-13H,3-4H2,1H3. The Morgan fingerprint density at radius 3 is 3.07 bits per heavy atom. The number of rotatable bonds is 1. The van der Waals surface area contributed by atoms with Gasteiger partial charge in [0, 0.05) is 11.5 Å². The second-order valence-corrected chi connectivity index (χ2v) is 4.24. The fraction of sp³-hybridized carbons (Fsp3) is 0.500. The Hall–Kier alpha value is -1.22. The molecule has 1 fully saturated rings. The molecule has 0 spiro atoms. The van der Waals surface area contributed by atoms with Crippen LogP contribution in [-0.2, 0) is 0 Å². The summed E-state index contributed by atoms with van der Waals surface area (Å²) in [6.45, 7) is 0. The Kier molecular flexibility index (Phi) is 1.89. The van der Waals surface area contributed by atoms with Crippen LogP contribution in [0.1, 0.15) is 24.3 Å². The highest BCUT2D eigenvalue weighted by molar-refractivity contribution is 5.47. The van der Waals surface area contributed by atoms with Crippen LogP contribution >= 0.6 is 0 Å². The van der Waals surface area contributed by atoms with E-state index in [1.54, 1.807) is 7.11 Å². The highest BCUT2D eigenvalue weighted by Crippen LogP contribution is 2.47. The molecule has 0 aromatic heterocycles. The molecule has 1 heterocycles. The van der Waals surface area contributed by atoms with Crippen molar-refractivity contribution < 1.29 is 14.6 Å². The molecule has 3 rings (SSSR count). The molecule has 3 atom stereocenters. The van der Waals surface area contributed by atoms with Gasteiger partial charge in [0.25, 0.3) is 0 Å². The van der Waals surface area contributed by atoms with Crippen molar-refractivity contribution in [2.75, 3.05) is 7.11 Å². The Bertz CT molecular complexity index is 388. The van der Waals surface area contributed by atoms with Crippen LogP contribution in [0.15, 0.2) is 18.2 Å². The summed E-state index contributed by atoms with van der Waals surface area (Å²) in [4.78, 5) is 0.